The van der Waals surface area contributed by atoms with E-state index in [0.29, 0.717) is 16.3 Å². The lowest BCUT2D eigenvalue weighted by Gasteiger charge is -2.07. The Hall–Kier alpha value is -1.68. The predicted molar refractivity (Wildman–Crippen MR) is 84.6 cm³/mol. The van der Waals surface area contributed by atoms with Crippen LogP contribution in [-0.2, 0) is 0 Å². The average molecular weight is 342 g/mol. The van der Waals surface area contributed by atoms with Crippen LogP contribution in [0.25, 0.3) is 22.3 Å². The Morgan fingerprint density at radius 3 is 2.43 bits per heavy atom. The summed E-state index contributed by atoms with van der Waals surface area (Å²) in [5, 5.41) is 10.1. The Morgan fingerprint density at radius 2 is 1.71 bits per heavy atom. The molecule has 0 saturated carbocycles. The summed E-state index contributed by atoms with van der Waals surface area (Å²) >= 11 is 17.9. The maximum Gasteiger partial charge on any atom is 0.194 e. The van der Waals surface area contributed by atoms with Gasteiger partial charge in [0.25, 0.3) is 0 Å². The fourth-order valence-electron chi connectivity index (χ4n) is 2.03. The van der Waals surface area contributed by atoms with Gasteiger partial charge in [0, 0.05) is 17.7 Å². The van der Waals surface area contributed by atoms with E-state index in [1.54, 1.807) is 24.3 Å². The molecule has 21 heavy (non-hydrogen) atoms. The fourth-order valence-corrected chi connectivity index (χ4v) is 2.79. The Balaban J connectivity index is 2.38. The second kappa shape index (κ2) is 5.26. The van der Waals surface area contributed by atoms with Gasteiger partial charge in [0.05, 0.1) is 20.5 Å². The van der Waals surface area contributed by atoms with Crippen LogP contribution < -0.4 is 5.43 Å². The highest BCUT2D eigenvalue weighted by molar-refractivity contribution is 6.40. The van der Waals surface area contributed by atoms with Crippen molar-refractivity contribution in [1.29, 1.82) is 0 Å². The molecule has 0 unspecified atom stereocenters. The number of rotatable bonds is 1. The number of aromatic hydroxyl groups is 1. The van der Waals surface area contributed by atoms with Gasteiger partial charge in [-0.05, 0) is 12.1 Å². The molecular formula is C15H7Cl3O3. The first-order valence-corrected chi connectivity index (χ1v) is 7.02. The van der Waals surface area contributed by atoms with Gasteiger partial charge < -0.3 is 9.52 Å². The molecule has 0 amide bonds. The minimum absolute atomic E-state index is 0.00644. The van der Waals surface area contributed by atoms with Crippen LogP contribution in [0.3, 0.4) is 0 Å². The zero-order chi connectivity index (χ0) is 15.1. The molecule has 6 heteroatoms. The summed E-state index contributed by atoms with van der Waals surface area (Å²) in [4.78, 5) is 12.2. The van der Waals surface area contributed by atoms with E-state index in [-0.39, 0.29) is 32.2 Å². The topological polar surface area (TPSA) is 50.4 Å². The molecule has 0 spiro atoms. The molecule has 0 radical (unpaired) electrons. The van der Waals surface area contributed by atoms with Crippen molar-refractivity contribution in [2.75, 3.05) is 0 Å². The van der Waals surface area contributed by atoms with E-state index in [2.05, 4.69) is 0 Å². The van der Waals surface area contributed by atoms with Crippen LogP contribution in [0.15, 0.2) is 45.6 Å². The van der Waals surface area contributed by atoms with Gasteiger partial charge in [0.2, 0.25) is 0 Å². The third-order valence-electron chi connectivity index (χ3n) is 3.03. The largest absolute Gasteiger partial charge is 0.505 e. The maximum absolute atomic E-state index is 12.2. The maximum atomic E-state index is 12.2. The summed E-state index contributed by atoms with van der Waals surface area (Å²) in [5.74, 6) is -0.0421. The molecule has 106 valence electrons. The summed E-state index contributed by atoms with van der Waals surface area (Å²) in [6, 6.07) is 9.61. The summed E-state index contributed by atoms with van der Waals surface area (Å²) in [6.45, 7) is 0. The highest BCUT2D eigenvalue weighted by atomic mass is 35.5. The number of phenols is 1. The van der Waals surface area contributed by atoms with Crippen LogP contribution in [0, 0.1) is 0 Å². The summed E-state index contributed by atoms with van der Waals surface area (Å²) in [6.07, 6.45) is 0. The molecule has 0 aliphatic carbocycles. The van der Waals surface area contributed by atoms with E-state index in [4.69, 9.17) is 39.2 Å². The standard InChI is InChI=1S/C15H7Cl3O3/c16-8-4-2-1-3-7(8)11-6-10(19)13-12(21-11)5-9(17)15(20)14(13)18/h1-6,20H. The predicted octanol–water partition coefficient (Wildman–Crippen LogP) is 5.13. The van der Waals surface area contributed by atoms with E-state index in [1.807, 2.05) is 0 Å². The Bertz CT molecular complexity index is 916. The number of hydrogen-bond donors (Lipinski definition) is 1. The van der Waals surface area contributed by atoms with E-state index < -0.39 is 0 Å². The van der Waals surface area contributed by atoms with Crippen molar-refractivity contribution < 1.29 is 9.52 Å². The van der Waals surface area contributed by atoms with Crippen LogP contribution in [-0.4, -0.2) is 5.11 Å². The van der Waals surface area contributed by atoms with Crippen molar-refractivity contribution in [3.8, 4) is 17.1 Å². The quantitative estimate of drug-likeness (QED) is 0.668. The number of phenolic OH excluding ortho intramolecular Hbond substituents is 1. The Kier molecular flexibility index (Phi) is 3.57. The van der Waals surface area contributed by atoms with Crippen molar-refractivity contribution in [3.63, 3.8) is 0 Å². The summed E-state index contributed by atoms with van der Waals surface area (Å²) in [7, 11) is 0. The zero-order valence-corrected chi connectivity index (χ0v) is 12.6. The molecule has 0 bridgehead atoms. The van der Waals surface area contributed by atoms with E-state index in [9.17, 15) is 9.90 Å². The lowest BCUT2D eigenvalue weighted by molar-refractivity contribution is 0.476. The van der Waals surface area contributed by atoms with E-state index >= 15 is 0 Å². The lowest BCUT2D eigenvalue weighted by atomic mass is 10.1. The molecule has 0 atom stereocenters. The third kappa shape index (κ3) is 2.38. The molecule has 1 aromatic heterocycles. The monoisotopic (exact) mass is 340 g/mol. The van der Waals surface area contributed by atoms with Gasteiger partial charge >= 0.3 is 0 Å². The second-order valence-corrected chi connectivity index (χ2v) is 5.54. The zero-order valence-electron chi connectivity index (χ0n) is 10.4. The molecular weight excluding hydrogens is 335 g/mol. The first-order chi connectivity index (χ1) is 9.99. The second-order valence-electron chi connectivity index (χ2n) is 4.35. The van der Waals surface area contributed by atoms with Gasteiger partial charge in [-0.15, -0.1) is 0 Å². The fraction of sp³-hybridized carbons (Fsp3) is 0. The van der Waals surface area contributed by atoms with Gasteiger partial charge in [-0.25, -0.2) is 0 Å². The minimum atomic E-state index is -0.386. The van der Waals surface area contributed by atoms with Crippen LogP contribution in [0.2, 0.25) is 15.1 Å². The summed E-state index contributed by atoms with van der Waals surface area (Å²) in [5.41, 5.74) is 0.381. The van der Waals surface area contributed by atoms with Gasteiger partial charge in [-0.1, -0.05) is 46.9 Å². The van der Waals surface area contributed by atoms with Gasteiger partial charge in [-0.2, -0.15) is 0 Å². The van der Waals surface area contributed by atoms with Crippen LogP contribution in [0.1, 0.15) is 0 Å². The molecule has 3 nitrogen and oxygen atoms in total. The number of halogens is 3. The Morgan fingerprint density at radius 1 is 1.00 bits per heavy atom. The molecule has 0 fully saturated rings. The molecule has 0 saturated heterocycles. The molecule has 0 aliphatic rings. The van der Waals surface area contributed by atoms with E-state index in [1.165, 1.54) is 12.1 Å². The molecule has 3 aromatic rings. The number of hydrogen-bond acceptors (Lipinski definition) is 3. The molecule has 3 rings (SSSR count). The third-order valence-corrected chi connectivity index (χ3v) is 4.01. The SMILES string of the molecule is O=c1cc(-c2ccccc2Cl)oc2cc(Cl)c(O)c(Cl)c12. The molecule has 1 heterocycles. The lowest BCUT2D eigenvalue weighted by Crippen LogP contribution is -2.01. The highest BCUT2D eigenvalue weighted by Gasteiger charge is 2.16. The molecule has 0 aliphatic heterocycles. The van der Waals surface area contributed by atoms with Crippen molar-refractivity contribution in [3.05, 3.63) is 61.7 Å². The normalized spacial score (nSPS) is 11.0. The highest BCUT2D eigenvalue weighted by Crippen LogP contribution is 2.38. The van der Waals surface area contributed by atoms with Crippen molar-refractivity contribution in [2.24, 2.45) is 0 Å². The first kappa shape index (κ1) is 14.3. The smallest absolute Gasteiger partial charge is 0.194 e. The molecule has 2 aromatic carbocycles. The van der Waals surface area contributed by atoms with Crippen LogP contribution in [0.5, 0.6) is 5.75 Å². The van der Waals surface area contributed by atoms with Crippen LogP contribution in [0.4, 0.5) is 0 Å². The Labute approximate surface area is 134 Å². The van der Waals surface area contributed by atoms with Gasteiger partial charge in [-0.3, -0.25) is 4.79 Å². The van der Waals surface area contributed by atoms with Crippen molar-refractivity contribution in [2.45, 2.75) is 0 Å². The van der Waals surface area contributed by atoms with Gasteiger partial charge in [0.1, 0.15) is 11.3 Å². The van der Waals surface area contributed by atoms with Crippen molar-refractivity contribution in [1.82, 2.24) is 0 Å². The van der Waals surface area contributed by atoms with Crippen LogP contribution >= 0.6 is 34.8 Å². The molecule has 1 N–H and O–H groups in total. The number of fused-ring (bicyclic) bond motifs is 1. The van der Waals surface area contributed by atoms with E-state index in [0.717, 1.165) is 0 Å². The minimum Gasteiger partial charge on any atom is -0.505 e. The summed E-state index contributed by atoms with van der Waals surface area (Å²) < 4.78 is 5.66. The van der Waals surface area contributed by atoms with Crippen molar-refractivity contribution >= 4 is 45.8 Å². The first-order valence-electron chi connectivity index (χ1n) is 5.88. The van der Waals surface area contributed by atoms with Gasteiger partial charge in [0.15, 0.2) is 11.2 Å². The number of benzene rings is 2. The average Bonchev–Trinajstić information content (AvgIpc) is 2.44.